The first kappa shape index (κ1) is 20.7. The van der Waals surface area contributed by atoms with Gasteiger partial charge in [-0.25, -0.2) is 4.79 Å². The highest BCUT2D eigenvalue weighted by molar-refractivity contribution is 5.89. The van der Waals surface area contributed by atoms with E-state index < -0.39 is 5.54 Å². The molecular weight excluding hydrogens is 356 g/mol. The Morgan fingerprint density at radius 2 is 1.96 bits per heavy atom. The molecule has 1 saturated carbocycles. The Labute approximate surface area is 160 Å². The molecule has 2 atom stereocenters. The summed E-state index contributed by atoms with van der Waals surface area (Å²) in [7, 11) is 3.27. The van der Waals surface area contributed by atoms with E-state index in [0.29, 0.717) is 19.4 Å². The van der Waals surface area contributed by atoms with Crippen LogP contribution >= 0.6 is 12.4 Å². The summed E-state index contributed by atoms with van der Waals surface area (Å²) in [5, 5.41) is 10.6. The van der Waals surface area contributed by atoms with Crippen molar-refractivity contribution in [1.82, 2.24) is 20.4 Å². The van der Waals surface area contributed by atoms with Gasteiger partial charge in [-0.15, -0.1) is 12.4 Å². The minimum Gasteiger partial charge on any atom is -0.467 e. The molecule has 1 aliphatic carbocycles. The summed E-state index contributed by atoms with van der Waals surface area (Å²) in [5.41, 5.74) is 0.186. The van der Waals surface area contributed by atoms with Gasteiger partial charge in [-0.05, 0) is 18.4 Å². The third-order valence-corrected chi connectivity index (χ3v) is 5.60. The minimum absolute atomic E-state index is 0. The summed E-state index contributed by atoms with van der Waals surface area (Å²) in [6, 6.07) is 0. The second-order valence-electron chi connectivity index (χ2n) is 7.30. The summed E-state index contributed by atoms with van der Waals surface area (Å²) in [6.07, 6.45) is 9.15. The predicted octanol–water partition coefficient (Wildman–Crippen LogP) is 1.53. The van der Waals surface area contributed by atoms with Crippen LogP contribution in [0.3, 0.4) is 0 Å². The Morgan fingerprint density at radius 3 is 2.54 bits per heavy atom. The fourth-order valence-corrected chi connectivity index (χ4v) is 4.17. The van der Waals surface area contributed by atoms with E-state index in [1.807, 2.05) is 19.4 Å². The quantitative estimate of drug-likeness (QED) is 0.607. The molecule has 2 N–H and O–H groups in total. The molecule has 0 spiro atoms. The molecule has 26 heavy (non-hydrogen) atoms. The Morgan fingerprint density at radius 1 is 1.27 bits per heavy atom. The van der Waals surface area contributed by atoms with Crippen molar-refractivity contribution >= 4 is 24.3 Å². The SMILES string of the molecule is COC(=O)C1(NC(=O)[C@H]2CNC[C@@H]2c2cnn(C)c2)CCCCCC1.Cl. The highest BCUT2D eigenvalue weighted by Gasteiger charge is 2.44. The molecule has 7 nitrogen and oxygen atoms in total. The van der Waals surface area contributed by atoms with Crippen molar-refractivity contribution < 1.29 is 14.3 Å². The van der Waals surface area contributed by atoms with Crippen molar-refractivity contribution in [2.24, 2.45) is 13.0 Å². The fourth-order valence-electron chi connectivity index (χ4n) is 4.17. The molecule has 1 amide bonds. The molecule has 3 rings (SSSR count). The lowest BCUT2D eigenvalue weighted by atomic mass is 9.86. The van der Waals surface area contributed by atoms with Gasteiger partial charge in [0, 0.05) is 32.3 Å². The molecule has 1 aromatic heterocycles. The van der Waals surface area contributed by atoms with Crippen LogP contribution in [0.25, 0.3) is 0 Å². The van der Waals surface area contributed by atoms with E-state index in [1.54, 1.807) is 4.68 Å². The second kappa shape index (κ2) is 8.86. The van der Waals surface area contributed by atoms with Crippen molar-refractivity contribution in [3.8, 4) is 0 Å². The van der Waals surface area contributed by atoms with Gasteiger partial charge in [0.15, 0.2) is 0 Å². The highest BCUT2D eigenvalue weighted by atomic mass is 35.5. The molecule has 2 heterocycles. The van der Waals surface area contributed by atoms with Gasteiger partial charge >= 0.3 is 5.97 Å². The monoisotopic (exact) mass is 384 g/mol. The van der Waals surface area contributed by atoms with Crippen LogP contribution in [0, 0.1) is 5.92 Å². The van der Waals surface area contributed by atoms with E-state index in [9.17, 15) is 9.59 Å². The van der Waals surface area contributed by atoms with Gasteiger partial charge in [0.2, 0.25) is 5.91 Å². The van der Waals surface area contributed by atoms with Crippen molar-refractivity contribution in [1.29, 1.82) is 0 Å². The zero-order valence-corrected chi connectivity index (χ0v) is 16.3. The minimum atomic E-state index is -0.871. The van der Waals surface area contributed by atoms with Crippen LogP contribution in [0.5, 0.6) is 0 Å². The standard InChI is InChI=1S/C18H28N4O3.ClH/c1-22-12-13(9-20-22)14-10-19-11-15(14)16(23)21-18(17(24)25-2)7-5-3-4-6-8-18;/h9,12,14-15,19H,3-8,10-11H2,1-2H3,(H,21,23);1H/t14-,15+;/m1./s1. The number of nitrogens with one attached hydrogen (secondary N) is 2. The lowest BCUT2D eigenvalue weighted by molar-refractivity contribution is -0.152. The molecule has 2 fully saturated rings. The summed E-state index contributed by atoms with van der Waals surface area (Å²) >= 11 is 0. The number of ether oxygens (including phenoxy) is 1. The first-order valence-corrected chi connectivity index (χ1v) is 9.15. The van der Waals surface area contributed by atoms with Gasteiger partial charge < -0.3 is 15.4 Å². The third kappa shape index (κ3) is 4.20. The zero-order valence-electron chi connectivity index (χ0n) is 15.5. The van der Waals surface area contributed by atoms with Crippen LogP contribution in [0.2, 0.25) is 0 Å². The smallest absolute Gasteiger partial charge is 0.331 e. The lowest BCUT2D eigenvalue weighted by Crippen LogP contribution is -2.56. The number of aromatic nitrogens is 2. The van der Waals surface area contributed by atoms with E-state index in [4.69, 9.17) is 4.74 Å². The normalized spacial score (nSPS) is 25.0. The first-order valence-electron chi connectivity index (χ1n) is 9.15. The Hall–Kier alpha value is -1.60. The van der Waals surface area contributed by atoms with Gasteiger partial charge in [0.1, 0.15) is 5.54 Å². The molecule has 1 saturated heterocycles. The molecule has 1 aliphatic heterocycles. The van der Waals surface area contributed by atoms with Gasteiger partial charge in [-0.1, -0.05) is 25.7 Å². The van der Waals surface area contributed by atoms with Crippen LogP contribution in [-0.4, -0.2) is 47.4 Å². The average molecular weight is 385 g/mol. The predicted molar refractivity (Wildman–Crippen MR) is 100 cm³/mol. The number of carbonyl (C=O) groups excluding carboxylic acids is 2. The number of methoxy groups -OCH3 is 1. The van der Waals surface area contributed by atoms with E-state index >= 15 is 0 Å². The molecule has 0 bridgehead atoms. The van der Waals surface area contributed by atoms with Gasteiger partial charge in [0.05, 0.1) is 19.2 Å². The van der Waals surface area contributed by atoms with Crippen molar-refractivity contribution in [2.75, 3.05) is 20.2 Å². The number of hydrogen-bond donors (Lipinski definition) is 2. The molecule has 2 aliphatic rings. The van der Waals surface area contributed by atoms with Crippen LogP contribution in [0.1, 0.15) is 50.0 Å². The number of carbonyl (C=O) groups is 2. The number of esters is 1. The Bertz CT molecular complexity index is 626. The highest BCUT2D eigenvalue weighted by Crippen LogP contribution is 2.32. The van der Waals surface area contributed by atoms with Crippen LogP contribution < -0.4 is 10.6 Å². The van der Waals surface area contributed by atoms with Crippen LogP contribution in [0.15, 0.2) is 12.4 Å². The number of hydrogen-bond acceptors (Lipinski definition) is 5. The maximum Gasteiger partial charge on any atom is 0.331 e. The average Bonchev–Trinajstić information content (AvgIpc) is 3.19. The first-order chi connectivity index (χ1) is 12.1. The molecule has 0 aromatic carbocycles. The summed E-state index contributed by atoms with van der Waals surface area (Å²) in [5.74, 6) is -0.499. The van der Waals surface area contributed by atoms with Crippen molar-refractivity contribution in [2.45, 2.75) is 50.0 Å². The Kier molecular flexibility index (Phi) is 7.06. The number of aryl methyl sites for hydroxylation is 1. The van der Waals surface area contributed by atoms with E-state index in [0.717, 1.165) is 37.8 Å². The van der Waals surface area contributed by atoms with E-state index in [1.165, 1.54) is 7.11 Å². The number of nitrogens with zero attached hydrogens (tertiary/aromatic N) is 2. The van der Waals surface area contributed by atoms with Gasteiger partial charge in [0.25, 0.3) is 0 Å². The maximum atomic E-state index is 13.1. The Balaban J connectivity index is 0.00000243. The number of halogens is 1. The second-order valence-corrected chi connectivity index (χ2v) is 7.30. The zero-order chi connectivity index (χ0) is 17.9. The number of amides is 1. The van der Waals surface area contributed by atoms with Gasteiger partial charge in [-0.3, -0.25) is 9.48 Å². The molecule has 0 unspecified atom stereocenters. The van der Waals surface area contributed by atoms with E-state index in [-0.39, 0.29) is 36.1 Å². The summed E-state index contributed by atoms with van der Waals surface area (Å²) in [6.45, 7) is 1.36. The molecule has 146 valence electrons. The van der Waals surface area contributed by atoms with E-state index in [2.05, 4.69) is 15.7 Å². The van der Waals surface area contributed by atoms with Gasteiger partial charge in [-0.2, -0.15) is 5.10 Å². The number of rotatable bonds is 4. The molecule has 0 radical (unpaired) electrons. The van der Waals surface area contributed by atoms with Crippen LogP contribution in [0.4, 0.5) is 0 Å². The van der Waals surface area contributed by atoms with Crippen LogP contribution in [-0.2, 0) is 21.4 Å². The fraction of sp³-hybridized carbons (Fsp3) is 0.722. The molecule has 1 aromatic rings. The topological polar surface area (TPSA) is 85.2 Å². The summed E-state index contributed by atoms with van der Waals surface area (Å²) in [4.78, 5) is 25.5. The maximum absolute atomic E-state index is 13.1. The third-order valence-electron chi connectivity index (χ3n) is 5.60. The lowest BCUT2D eigenvalue weighted by Gasteiger charge is -2.32. The molecule has 8 heteroatoms. The van der Waals surface area contributed by atoms with Crippen molar-refractivity contribution in [3.63, 3.8) is 0 Å². The summed E-state index contributed by atoms with van der Waals surface area (Å²) < 4.78 is 6.80. The largest absolute Gasteiger partial charge is 0.467 e. The molecular formula is C18H29ClN4O3. The van der Waals surface area contributed by atoms with Crippen molar-refractivity contribution in [3.05, 3.63) is 18.0 Å².